The Labute approximate surface area is 85.9 Å². The van der Waals surface area contributed by atoms with Crippen molar-refractivity contribution in [3.63, 3.8) is 0 Å². The first-order valence-electron chi connectivity index (χ1n) is 6.22. The number of hydrogen-bond donors (Lipinski definition) is 2. The van der Waals surface area contributed by atoms with Crippen LogP contribution in [-0.2, 0) is 0 Å². The smallest absolute Gasteiger partial charge is 0.0724 e. The van der Waals surface area contributed by atoms with Gasteiger partial charge < -0.3 is 10.8 Å². The number of fused-ring (bicyclic) bond motifs is 3. The lowest BCUT2D eigenvalue weighted by molar-refractivity contribution is -0.0243. The van der Waals surface area contributed by atoms with E-state index in [1.165, 1.54) is 38.5 Å². The van der Waals surface area contributed by atoms with Gasteiger partial charge in [0.25, 0.3) is 0 Å². The summed E-state index contributed by atoms with van der Waals surface area (Å²) in [6, 6.07) is 0.0850. The van der Waals surface area contributed by atoms with E-state index >= 15 is 0 Å². The molecular weight excluding hydrogens is 174 g/mol. The van der Waals surface area contributed by atoms with Crippen LogP contribution in [0.1, 0.15) is 38.5 Å². The molecule has 0 bridgehead atoms. The summed E-state index contributed by atoms with van der Waals surface area (Å²) in [5.74, 6) is 2.87. The van der Waals surface area contributed by atoms with Crippen LogP contribution in [0, 0.1) is 23.7 Å². The van der Waals surface area contributed by atoms with Gasteiger partial charge in [0.15, 0.2) is 0 Å². The van der Waals surface area contributed by atoms with Gasteiger partial charge in [-0.3, -0.25) is 0 Å². The second kappa shape index (κ2) is 3.21. The minimum absolute atomic E-state index is 0.0850. The molecule has 0 unspecified atom stereocenters. The highest BCUT2D eigenvalue weighted by molar-refractivity contribution is 5.03. The van der Waals surface area contributed by atoms with Crippen LogP contribution in [0.15, 0.2) is 0 Å². The van der Waals surface area contributed by atoms with Gasteiger partial charge >= 0.3 is 0 Å². The minimum Gasteiger partial charge on any atom is -0.391 e. The van der Waals surface area contributed by atoms with Gasteiger partial charge in [-0.25, -0.2) is 0 Å². The quantitative estimate of drug-likeness (QED) is 0.615. The Morgan fingerprint density at radius 3 is 2.00 bits per heavy atom. The Morgan fingerprint density at radius 1 is 0.786 bits per heavy atom. The molecule has 0 aromatic carbocycles. The molecule has 3 aliphatic carbocycles. The van der Waals surface area contributed by atoms with E-state index in [4.69, 9.17) is 5.73 Å². The fourth-order valence-corrected chi connectivity index (χ4v) is 4.54. The monoisotopic (exact) mass is 195 g/mol. The molecule has 0 radical (unpaired) electrons. The molecule has 3 rings (SSSR count). The van der Waals surface area contributed by atoms with Gasteiger partial charge in [-0.15, -0.1) is 0 Å². The van der Waals surface area contributed by atoms with Crippen molar-refractivity contribution in [2.75, 3.05) is 0 Å². The van der Waals surface area contributed by atoms with Crippen molar-refractivity contribution in [2.24, 2.45) is 29.4 Å². The zero-order chi connectivity index (χ0) is 9.71. The maximum atomic E-state index is 10.2. The van der Waals surface area contributed by atoms with E-state index in [1.54, 1.807) is 0 Å². The van der Waals surface area contributed by atoms with Crippen molar-refractivity contribution in [3.05, 3.63) is 0 Å². The second-order valence-electron chi connectivity index (χ2n) is 5.59. The zero-order valence-corrected chi connectivity index (χ0v) is 8.73. The molecule has 6 atom stereocenters. The largest absolute Gasteiger partial charge is 0.391 e. The van der Waals surface area contributed by atoms with Crippen LogP contribution in [-0.4, -0.2) is 17.3 Å². The van der Waals surface area contributed by atoms with Crippen molar-refractivity contribution in [1.29, 1.82) is 0 Å². The lowest BCUT2D eigenvalue weighted by Gasteiger charge is -2.44. The molecular formula is C12H21NO. The number of aliphatic hydroxyl groups excluding tert-OH is 1. The molecule has 0 spiro atoms. The lowest BCUT2D eigenvalue weighted by Crippen LogP contribution is -2.53. The molecule has 0 saturated heterocycles. The molecule has 0 amide bonds. The van der Waals surface area contributed by atoms with Crippen LogP contribution in [0.5, 0.6) is 0 Å². The molecule has 0 aromatic heterocycles. The molecule has 0 aromatic rings. The average Bonchev–Trinajstić information content (AvgIpc) is 2.80. The molecule has 80 valence electrons. The highest BCUT2D eigenvalue weighted by atomic mass is 16.3. The highest BCUT2D eigenvalue weighted by Crippen LogP contribution is 2.53. The topological polar surface area (TPSA) is 46.2 Å². The van der Waals surface area contributed by atoms with Crippen molar-refractivity contribution in [3.8, 4) is 0 Å². The van der Waals surface area contributed by atoms with Crippen LogP contribution >= 0.6 is 0 Å². The summed E-state index contributed by atoms with van der Waals surface area (Å²) in [5.41, 5.74) is 6.17. The Kier molecular flexibility index (Phi) is 2.10. The minimum atomic E-state index is -0.193. The summed E-state index contributed by atoms with van der Waals surface area (Å²) in [4.78, 5) is 0. The molecule has 2 nitrogen and oxygen atoms in total. The summed E-state index contributed by atoms with van der Waals surface area (Å²) in [5, 5.41) is 10.2. The van der Waals surface area contributed by atoms with Crippen molar-refractivity contribution >= 4 is 0 Å². The summed E-state index contributed by atoms with van der Waals surface area (Å²) < 4.78 is 0. The Bertz CT molecular complexity index is 206. The van der Waals surface area contributed by atoms with E-state index < -0.39 is 0 Å². The summed E-state index contributed by atoms with van der Waals surface area (Å²) in [6.45, 7) is 0. The van der Waals surface area contributed by atoms with Gasteiger partial charge in [0.2, 0.25) is 0 Å². The van der Waals surface area contributed by atoms with Gasteiger partial charge in [-0.2, -0.15) is 0 Å². The molecule has 0 heterocycles. The number of aliphatic hydroxyl groups is 1. The van der Waals surface area contributed by atoms with Gasteiger partial charge in [0.05, 0.1) is 6.10 Å². The van der Waals surface area contributed by atoms with Crippen molar-refractivity contribution < 1.29 is 5.11 Å². The Hall–Kier alpha value is -0.0800. The van der Waals surface area contributed by atoms with Crippen LogP contribution in [0.4, 0.5) is 0 Å². The Balaban J connectivity index is 1.89. The molecule has 3 aliphatic rings. The van der Waals surface area contributed by atoms with Gasteiger partial charge in [0.1, 0.15) is 0 Å². The second-order valence-corrected chi connectivity index (χ2v) is 5.59. The standard InChI is InChI=1S/C12H21NO/c13-11-9-5-1-3-7(9)8-4-2-6-10(8)12(11)14/h7-12,14H,1-6,13H2/t7-,8-,9+,10+,11-,12-/m0/s1. The van der Waals surface area contributed by atoms with Gasteiger partial charge in [-0.1, -0.05) is 12.8 Å². The van der Waals surface area contributed by atoms with E-state index in [2.05, 4.69) is 0 Å². The maximum Gasteiger partial charge on any atom is 0.0724 e. The van der Waals surface area contributed by atoms with Crippen molar-refractivity contribution in [2.45, 2.75) is 50.7 Å². The third kappa shape index (κ3) is 1.10. The summed E-state index contributed by atoms with van der Waals surface area (Å²) >= 11 is 0. The van der Waals surface area contributed by atoms with Gasteiger partial charge in [-0.05, 0) is 49.4 Å². The molecule has 3 saturated carbocycles. The third-order valence-electron chi connectivity index (χ3n) is 5.13. The van der Waals surface area contributed by atoms with E-state index in [0.29, 0.717) is 11.8 Å². The molecule has 0 aliphatic heterocycles. The normalized spacial score (nSPS) is 57.0. The maximum absolute atomic E-state index is 10.2. The molecule has 14 heavy (non-hydrogen) atoms. The van der Waals surface area contributed by atoms with Gasteiger partial charge in [0, 0.05) is 6.04 Å². The van der Waals surface area contributed by atoms with Crippen LogP contribution in [0.3, 0.4) is 0 Å². The summed E-state index contributed by atoms with van der Waals surface area (Å²) in [7, 11) is 0. The van der Waals surface area contributed by atoms with Crippen molar-refractivity contribution in [1.82, 2.24) is 0 Å². The van der Waals surface area contributed by atoms with Crippen LogP contribution in [0.2, 0.25) is 0 Å². The van der Waals surface area contributed by atoms with Crippen LogP contribution < -0.4 is 5.73 Å². The van der Waals surface area contributed by atoms with E-state index in [0.717, 1.165) is 11.8 Å². The predicted octanol–water partition coefficient (Wildman–Crippen LogP) is 1.52. The molecule has 2 heteroatoms. The lowest BCUT2D eigenvalue weighted by atomic mass is 9.66. The summed E-state index contributed by atoms with van der Waals surface area (Å²) in [6.07, 6.45) is 7.71. The van der Waals surface area contributed by atoms with Crippen LogP contribution in [0.25, 0.3) is 0 Å². The first kappa shape index (κ1) is 9.17. The number of nitrogens with two attached hydrogens (primary N) is 1. The number of hydrogen-bond acceptors (Lipinski definition) is 2. The average molecular weight is 195 g/mol. The highest BCUT2D eigenvalue weighted by Gasteiger charge is 2.51. The number of rotatable bonds is 0. The SMILES string of the molecule is N[C@@H]1[C@@H](O)[C@@H]2CCC[C@H]2[C@@H]2CCC[C@@H]12. The third-order valence-corrected chi connectivity index (χ3v) is 5.13. The van der Waals surface area contributed by atoms with E-state index in [1.807, 2.05) is 0 Å². The zero-order valence-electron chi connectivity index (χ0n) is 8.73. The predicted molar refractivity (Wildman–Crippen MR) is 55.6 cm³/mol. The molecule has 3 N–H and O–H groups in total. The van der Waals surface area contributed by atoms with E-state index in [-0.39, 0.29) is 12.1 Å². The molecule has 3 fully saturated rings. The first-order valence-corrected chi connectivity index (χ1v) is 6.22. The fourth-order valence-electron chi connectivity index (χ4n) is 4.54. The first-order chi connectivity index (χ1) is 6.79. The fraction of sp³-hybridized carbons (Fsp3) is 1.00. The van der Waals surface area contributed by atoms with E-state index in [9.17, 15) is 5.11 Å². The Morgan fingerprint density at radius 2 is 1.29 bits per heavy atom.